The molecule has 2 N–H and O–H groups in total. The van der Waals surface area contributed by atoms with Gasteiger partial charge in [-0.2, -0.15) is 0 Å². The molecule has 0 saturated carbocycles. The highest BCUT2D eigenvalue weighted by atomic mass is 16.5. The van der Waals surface area contributed by atoms with E-state index in [1.807, 2.05) is 40.7 Å². The minimum atomic E-state index is -0.441. The monoisotopic (exact) mass is 445 g/mol. The smallest absolute Gasteiger partial charge is 0.339 e. The van der Waals surface area contributed by atoms with Crippen molar-refractivity contribution in [1.82, 2.24) is 5.32 Å². The molecule has 2 atom stereocenters. The lowest BCUT2D eigenvalue weighted by Gasteiger charge is -2.33. The van der Waals surface area contributed by atoms with Gasteiger partial charge in [0.05, 0.1) is 25.1 Å². The molecular weight excluding hydrogens is 410 g/mol. The summed E-state index contributed by atoms with van der Waals surface area (Å²) in [6, 6.07) is 1.57. The SMILES string of the molecule is CC[C@H](C)[C@@H](CO)NC(=O)CCc1c(C)c2c(OC)cc3c(c2oc1=O)CCC(C)(C)O3. The molecule has 1 aliphatic heterocycles. The number of amides is 1. The quantitative estimate of drug-likeness (QED) is 0.602. The van der Waals surface area contributed by atoms with Crippen molar-refractivity contribution in [2.24, 2.45) is 5.92 Å². The van der Waals surface area contributed by atoms with Crippen molar-refractivity contribution in [2.45, 2.75) is 78.4 Å². The zero-order valence-corrected chi connectivity index (χ0v) is 20.0. The van der Waals surface area contributed by atoms with E-state index in [-0.39, 0.29) is 42.9 Å². The summed E-state index contributed by atoms with van der Waals surface area (Å²) in [7, 11) is 1.58. The first kappa shape index (κ1) is 24.1. The predicted molar refractivity (Wildman–Crippen MR) is 124 cm³/mol. The van der Waals surface area contributed by atoms with E-state index in [2.05, 4.69) is 5.32 Å². The number of nitrogens with one attached hydrogen (secondary N) is 1. The van der Waals surface area contributed by atoms with Gasteiger partial charge in [0, 0.05) is 23.6 Å². The molecule has 1 amide bonds. The van der Waals surface area contributed by atoms with Gasteiger partial charge in [-0.05, 0) is 51.5 Å². The third-order valence-electron chi connectivity index (χ3n) is 6.64. The van der Waals surface area contributed by atoms with Crippen LogP contribution in [0.3, 0.4) is 0 Å². The van der Waals surface area contributed by atoms with E-state index in [0.29, 0.717) is 22.6 Å². The van der Waals surface area contributed by atoms with Crippen LogP contribution in [-0.4, -0.2) is 36.4 Å². The molecule has 1 aliphatic rings. The van der Waals surface area contributed by atoms with Crippen LogP contribution < -0.4 is 20.4 Å². The number of methoxy groups -OCH3 is 1. The van der Waals surface area contributed by atoms with E-state index < -0.39 is 5.63 Å². The van der Waals surface area contributed by atoms with Crippen LogP contribution in [0.1, 0.15) is 63.6 Å². The summed E-state index contributed by atoms with van der Waals surface area (Å²) in [4.78, 5) is 25.4. The fraction of sp³-hybridized carbons (Fsp3) is 0.600. The zero-order valence-electron chi connectivity index (χ0n) is 20.0. The fourth-order valence-electron chi connectivity index (χ4n) is 4.30. The number of fused-ring (bicyclic) bond motifs is 3. The second-order valence-corrected chi connectivity index (χ2v) is 9.36. The van der Waals surface area contributed by atoms with Gasteiger partial charge < -0.3 is 24.3 Å². The first-order valence-corrected chi connectivity index (χ1v) is 11.4. The summed E-state index contributed by atoms with van der Waals surface area (Å²) < 4.78 is 17.5. The molecule has 0 fully saturated rings. The molecule has 1 aromatic heterocycles. The van der Waals surface area contributed by atoms with E-state index in [9.17, 15) is 14.7 Å². The van der Waals surface area contributed by atoms with Crippen molar-refractivity contribution < 1.29 is 23.8 Å². The highest BCUT2D eigenvalue weighted by Crippen LogP contribution is 2.43. The third-order valence-corrected chi connectivity index (χ3v) is 6.64. The van der Waals surface area contributed by atoms with Gasteiger partial charge in [-0.1, -0.05) is 20.3 Å². The van der Waals surface area contributed by atoms with Gasteiger partial charge in [0.2, 0.25) is 5.91 Å². The molecule has 0 aliphatic carbocycles. The predicted octanol–water partition coefficient (Wildman–Crippen LogP) is 3.67. The summed E-state index contributed by atoms with van der Waals surface area (Å²) in [6.07, 6.45) is 2.79. The second-order valence-electron chi connectivity index (χ2n) is 9.36. The number of ether oxygens (including phenoxy) is 2. The van der Waals surface area contributed by atoms with Crippen LogP contribution in [0, 0.1) is 12.8 Å². The van der Waals surface area contributed by atoms with Crippen LogP contribution in [0.5, 0.6) is 11.5 Å². The Balaban J connectivity index is 1.93. The first-order valence-electron chi connectivity index (χ1n) is 11.4. The van der Waals surface area contributed by atoms with Crippen molar-refractivity contribution in [3.8, 4) is 11.5 Å². The van der Waals surface area contributed by atoms with Crippen molar-refractivity contribution >= 4 is 16.9 Å². The van der Waals surface area contributed by atoms with Crippen molar-refractivity contribution in [2.75, 3.05) is 13.7 Å². The lowest BCUT2D eigenvalue weighted by Crippen LogP contribution is -2.42. The number of aliphatic hydroxyl groups excluding tert-OH is 1. The van der Waals surface area contributed by atoms with E-state index in [1.165, 1.54) is 0 Å². The highest BCUT2D eigenvalue weighted by molar-refractivity contribution is 5.92. The molecule has 2 heterocycles. The Morgan fingerprint density at radius 1 is 1.38 bits per heavy atom. The summed E-state index contributed by atoms with van der Waals surface area (Å²) in [5, 5.41) is 13.2. The van der Waals surface area contributed by atoms with E-state index in [4.69, 9.17) is 13.9 Å². The van der Waals surface area contributed by atoms with Gasteiger partial charge in [0.1, 0.15) is 22.7 Å². The maximum atomic E-state index is 12.9. The minimum Gasteiger partial charge on any atom is -0.496 e. The summed E-state index contributed by atoms with van der Waals surface area (Å²) >= 11 is 0. The molecule has 0 radical (unpaired) electrons. The number of carbonyl (C=O) groups is 1. The fourth-order valence-corrected chi connectivity index (χ4v) is 4.30. The normalized spacial score (nSPS) is 16.7. The molecule has 0 unspecified atom stereocenters. The summed E-state index contributed by atoms with van der Waals surface area (Å²) in [5.41, 5.74) is 1.87. The van der Waals surface area contributed by atoms with Gasteiger partial charge >= 0.3 is 5.63 Å². The number of hydrogen-bond acceptors (Lipinski definition) is 6. The standard InChI is InChI=1S/C25H35NO6/c1-7-14(2)18(13-27)26-21(28)9-8-16-15(3)22-20(30-6)12-19-17(23(22)31-24(16)29)10-11-25(4,5)32-19/h12,14,18,27H,7-11,13H2,1-6H3,(H,26,28)/t14-,18+/m0/s1. The number of aryl methyl sites for hydroxylation is 2. The second kappa shape index (κ2) is 9.53. The summed E-state index contributed by atoms with van der Waals surface area (Å²) in [5.74, 6) is 1.23. The molecule has 7 nitrogen and oxygen atoms in total. The molecular formula is C25H35NO6. The Hall–Kier alpha value is -2.54. The molecule has 1 aromatic carbocycles. The Labute approximate surface area is 189 Å². The number of benzene rings is 1. The largest absolute Gasteiger partial charge is 0.496 e. The average Bonchev–Trinajstić information content (AvgIpc) is 2.74. The van der Waals surface area contributed by atoms with Crippen molar-refractivity contribution in [3.05, 3.63) is 33.2 Å². The average molecular weight is 446 g/mol. The topological polar surface area (TPSA) is 98.0 Å². The maximum Gasteiger partial charge on any atom is 0.339 e. The van der Waals surface area contributed by atoms with Crippen LogP contribution >= 0.6 is 0 Å². The molecule has 176 valence electrons. The Morgan fingerprint density at radius 2 is 2.09 bits per heavy atom. The van der Waals surface area contributed by atoms with E-state index in [1.54, 1.807) is 7.11 Å². The van der Waals surface area contributed by atoms with E-state index in [0.717, 1.165) is 35.8 Å². The third kappa shape index (κ3) is 4.77. The van der Waals surface area contributed by atoms with Crippen LogP contribution in [-0.2, 0) is 17.6 Å². The molecule has 0 saturated heterocycles. The Kier molecular flexibility index (Phi) is 7.18. The Morgan fingerprint density at radius 3 is 2.72 bits per heavy atom. The molecule has 32 heavy (non-hydrogen) atoms. The zero-order chi connectivity index (χ0) is 23.6. The lowest BCUT2D eigenvalue weighted by molar-refractivity contribution is -0.122. The maximum absolute atomic E-state index is 12.9. The summed E-state index contributed by atoms with van der Waals surface area (Å²) in [6.45, 7) is 9.82. The number of hydrogen-bond donors (Lipinski definition) is 2. The van der Waals surface area contributed by atoms with Crippen LogP contribution in [0.4, 0.5) is 0 Å². The van der Waals surface area contributed by atoms with Gasteiger partial charge in [-0.3, -0.25) is 4.79 Å². The van der Waals surface area contributed by atoms with Gasteiger partial charge in [0.25, 0.3) is 0 Å². The molecule has 7 heteroatoms. The number of carbonyl (C=O) groups excluding carboxylic acids is 1. The lowest BCUT2D eigenvalue weighted by atomic mass is 9.91. The van der Waals surface area contributed by atoms with Gasteiger partial charge in [-0.15, -0.1) is 0 Å². The number of aliphatic hydroxyl groups is 1. The highest BCUT2D eigenvalue weighted by Gasteiger charge is 2.31. The van der Waals surface area contributed by atoms with Crippen LogP contribution in [0.25, 0.3) is 11.0 Å². The van der Waals surface area contributed by atoms with Crippen molar-refractivity contribution in [1.29, 1.82) is 0 Å². The van der Waals surface area contributed by atoms with Crippen LogP contribution in [0.15, 0.2) is 15.3 Å². The Bertz CT molecular complexity index is 1050. The molecule has 3 rings (SSSR count). The molecule has 0 spiro atoms. The molecule has 0 bridgehead atoms. The van der Waals surface area contributed by atoms with Gasteiger partial charge in [0.15, 0.2) is 0 Å². The minimum absolute atomic E-state index is 0.112. The van der Waals surface area contributed by atoms with Crippen LogP contribution in [0.2, 0.25) is 0 Å². The van der Waals surface area contributed by atoms with Gasteiger partial charge in [-0.25, -0.2) is 4.79 Å². The van der Waals surface area contributed by atoms with E-state index >= 15 is 0 Å². The number of rotatable bonds is 8. The van der Waals surface area contributed by atoms with Crippen molar-refractivity contribution in [3.63, 3.8) is 0 Å². The molecule has 2 aromatic rings. The first-order chi connectivity index (χ1) is 15.1.